The average Bonchev–Trinajstić information content (AvgIpc) is 3.37. The number of aromatic nitrogens is 3. The van der Waals surface area contributed by atoms with Gasteiger partial charge >= 0.3 is 0 Å². The molecule has 1 atom stereocenters. The quantitative estimate of drug-likeness (QED) is 0.631. The van der Waals surface area contributed by atoms with Gasteiger partial charge in [-0.3, -0.25) is 0 Å². The van der Waals surface area contributed by atoms with Crippen LogP contribution in [0.2, 0.25) is 0 Å². The van der Waals surface area contributed by atoms with E-state index in [0.29, 0.717) is 12.5 Å². The van der Waals surface area contributed by atoms with Gasteiger partial charge in [-0.05, 0) is 55.5 Å². The molecule has 0 amide bonds. The van der Waals surface area contributed by atoms with Crippen LogP contribution in [0.3, 0.4) is 0 Å². The number of rotatable bonds is 4. The summed E-state index contributed by atoms with van der Waals surface area (Å²) in [6.07, 6.45) is 4.95. The fourth-order valence-corrected chi connectivity index (χ4v) is 4.30. The highest BCUT2D eigenvalue weighted by Gasteiger charge is 2.22. The largest absolute Gasteiger partial charge is 0.391 e. The normalized spacial score (nSPS) is 20.6. The summed E-state index contributed by atoms with van der Waals surface area (Å²) in [5.74, 6) is 2.40. The summed E-state index contributed by atoms with van der Waals surface area (Å²) in [5, 5.41) is 14.2. The number of aromatic amines is 1. The van der Waals surface area contributed by atoms with Crippen molar-refractivity contribution in [2.45, 2.75) is 32.3 Å². The third kappa shape index (κ3) is 3.74. The van der Waals surface area contributed by atoms with Crippen molar-refractivity contribution in [1.82, 2.24) is 15.0 Å². The number of nitrogens with zero attached hydrogens (tertiary/aromatic N) is 4. The first-order chi connectivity index (χ1) is 14.2. The van der Waals surface area contributed by atoms with Crippen molar-refractivity contribution in [1.29, 1.82) is 0 Å². The van der Waals surface area contributed by atoms with Crippen LogP contribution in [0.5, 0.6) is 0 Å². The summed E-state index contributed by atoms with van der Waals surface area (Å²) in [5.41, 5.74) is 2.95. The second-order valence-corrected chi connectivity index (χ2v) is 8.34. The molecule has 1 unspecified atom stereocenters. The molecule has 7 nitrogen and oxygen atoms in total. The van der Waals surface area contributed by atoms with Crippen LogP contribution in [0.15, 0.2) is 36.5 Å². The summed E-state index contributed by atoms with van der Waals surface area (Å²) in [6.45, 7) is 6.00. The number of fused-ring (bicyclic) bond motifs is 1. The zero-order valence-corrected chi connectivity index (χ0v) is 16.8. The van der Waals surface area contributed by atoms with Crippen LogP contribution >= 0.6 is 0 Å². The maximum atomic E-state index is 9.75. The molecule has 5 rings (SSSR count). The van der Waals surface area contributed by atoms with Gasteiger partial charge in [-0.15, -0.1) is 0 Å². The van der Waals surface area contributed by atoms with Crippen molar-refractivity contribution >= 4 is 34.2 Å². The third-order valence-corrected chi connectivity index (χ3v) is 6.13. The standard InChI is InChI=1S/C22H28N6O/c1-15-7-11-27(12-8-15)21-19-6-10-23-20(19)25-22(26-21)24-16-2-4-17(5-3-16)28-13-9-18(29)14-28/h2-6,10,15,18,29H,7-9,11-14H2,1H3,(H2,23,24,25,26). The molecule has 29 heavy (non-hydrogen) atoms. The van der Waals surface area contributed by atoms with Crippen LogP contribution in [-0.4, -0.2) is 52.3 Å². The Morgan fingerprint density at radius 1 is 1.00 bits per heavy atom. The van der Waals surface area contributed by atoms with Crippen molar-refractivity contribution in [2.75, 3.05) is 41.3 Å². The van der Waals surface area contributed by atoms with Gasteiger partial charge in [0.1, 0.15) is 11.5 Å². The first-order valence-electron chi connectivity index (χ1n) is 10.6. The smallest absolute Gasteiger partial charge is 0.231 e. The molecule has 0 saturated carbocycles. The fraction of sp³-hybridized carbons (Fsp3) is 0.455. The van der Waals surface area contributed by atoms with Crippen LogP contribution in [-0.2, 0) is 0 Å². The van der Waals surface area contributed by atoms with Crippen LogP contribution < -0.4 is 15.1 Å². The number of aliphatic hydroxyl groups excluding tert-OH is 1. The molecule has 152 valence electrons. The number of aliphatic hydroxyl groups is 1. The Bertz CT molecular complexity index is 977. The molecule has 3 aromatic rings. The zero-order valence-electron chi connectivity index (χ0n) is 16.8. The molecule has 0 bridgehead atoms. The van der Waals surface area contributed by atoms with Crippen molar-refractivity contribution in [3.05, 3.63) is 36.5 Å². The van der Waals surface area contributed by atoms with E-state index < -0.39 is 0 Å². The lowest BCUT2D eigenvalue weighted by Crippen LogP contribution is -2.33. The molecule has 2 aliphatic rings. The molecule has 0 radical (unpaired) electrons. The molecular weight excluding hydrogens is 364 g/mol. The number of piperidine rings is 1. The summed E-state index contributed by atoms with van der Waals surface area (Å²) >= 11 is 0. The highest BCUT2D eigenvalue weighted by molar-refractivity contribution is 5.89. The second kappa shape index (κ2) is 7.55. The number of anilines is 4. The van der Waals surface area contributed by atoms with E-state index in [1.165, 1.54) is 12.8 Å². The van der Waals surface area contributed by atoms with Gasteiger partial charge in [-0.2, -0.15) is 9.97 Å². The Morgan fingerprint density at radius 2 is 1.76 bits per heavy atom. The summed E-state index contributed by atoms with van der Waals surface area (Å²) in [7, 11) is 0. The Hall–Kier alpha value is -2.80. The highest BCUT2D eigenvalue weighted by atomic mass is 16.3. The van der Waals surface area contributed by atoms with E-state index in [9.17, 15) is 5.11 Å². The topological polar surface area (TPSA) is 80.3 Å². The summed E-state index contributed by atoms with van der Waals surface area (Å²) in [6, 6.07) is 10.3. The predicted molar refractivity (Wildman–Crippen MR) is 117 cm³/mol. The monoisotopic (exact) mass is 392 g/mol. The van der Waals surface area contributed by atoms with E-state index in [1.54, 1.807) is 0 Å². The molecule has 2 saturated heterocycles. The number of β-amino-alcohol motifs (C(OH)–C–C–N with tert-alkyl or cyclic N) is 1. The number of H-pyrrole nitrogens is 1. The van der Waals surface area contributed by atoms with Gasteiger partial charge < -0.3 is 25.2 Å². The second-order valence-electron chi connectivity index (χ2n) is 8.34. The number of hydrogen-bond acceptors (Lipinski definition) is 6. The molecule has 2 aromatic heterocycles. The SMILES string of the molecule is CC1CCN(c2nc(Nc3ccc(N4CCC(O)C4)cc3)nc3[nH]ccc23)CC1. The molecule has 0 spiro atoms. The van der Waals surface area contributed by atoms with E-state index in [-0.39, 0.29) is 6.10 Å². The van der Waals surface area contributed by atoms with E-state index in [2.05, 4.69) is 50.2 Å². The van der Waals surface area contributed by atoms with Gasteiger partial charge in [0.25, 0.3) is 0 Å². The van der Waals surface area contributed by atoms with Gasteiger partial charge in [0.05, 0.1) is 11.5 Å². The molecule has 7 heteroatoms. The number of hydrogen-bond donors (Lipinski definition) is 3. The Labute approximate surface area is 170 Å². The molecule has 1 aromatic carbocycles. The van der Waals surface area contributed by atoms with E-state index >= 15 is 0 Å². The van der Waals surface area contributed by atoms with E-state index in [1.807, 2.05) is 18.3 Å². The van der Waals surface area contributed by atoms with Gasteiger partial charge in [0.15, 0.2) is 0 Å². The molecule has 4 heterocycles. The maximum absolute atomic E-state index is 9.75. The Balaban J connectivity index is 1.37. The molecule has 2 aliphatic heterocycles. The average molecular weight is 393 g/mol. The predicted octanol–water partition coefficient (Wildman–Crippen LogP) is 3.51. The molecule has 3 N–H and O–H groups in total. The number of benzene rings is 1. The minimum atomic E-state index is -0.218. The fourth-order valence-electron chi connectivity index (χ4n) is 4.30. The van der Waals surface area contributed by atoms with Crippen molar-refractivity contribution < 1.29 is 5.11 Å². The van der Waals surface area contributed by atoms with E-state index in [4.69, 9.17) is 4.98 Å². The Morgan fingerprint density at radius 3 is 2.48 bits per heavy atom. The van der Waals surface area contributed by atoms with Crippen molar-refractivity contribution in [3.63, 3.8) is 0 Å². The lowest BCUT2D eigenvalue weighted by atomic mass is 9.99. The van der Waals surface area contributed by atoms with E-state index in [0.717, 1.165) is 60.2 Å². The summed E-state index contributed by atoms with van der Waals surface area (Å²) in [4.78, 5) is 17.4. The van der Waals surface area contributed by atoms with Gasteiger partial charge in [0.2, 0.25) is 5.95 Å². The van der Waals surface area contributed by atoms with Gasteiger partial charge in [0, 0.05) is 43.8 Å². The number of nitrogens with one attached hydrogen (secondary N) is 2. The molecule has 0 aliphatic carbocycles. The lowest BCUT2D eigenvalue weighted by molar-refractivity contribution is 0.198. The highest BCUT2D eigenvalue weighted by Crippen LogP contribution is 2.30. The zero-order chi connectivity index (χ0) is 19.8. The van der Waals surface area contributed by atoms with Gasteiger partial charge in [-0.25, -0.2) is 0 Å². The Kier molecular flexibility index (Phi) is 4.75. The van der Waals surface area contributed by atoms with Gasteiger partial charge in [-0.1, -0.05) is 6.92 Å². The first kappa shape index (κ1) is 18.2. The van der Waals surface area contributed by atoms with Crippen molar-refractivity contribution in [3.8, 4) is 0 Å². The van der Waals surface area contributed by atoms with Crippen LogP contribution in [0.4, 0.5) is 23.1 Å². The minimum Gasteiger partial charge on any atom is -0.391 e. The van der Waals surface area contributed by atoms with Crippen LogP contribution in [0.25, 0.3) is 11.0 Å². The lowest BCUT2D eigenvalue weighted by Gasteiger charge is -2.31. The van der Waals surface area contributed by atoms with Crippen LogP contribution in [0, 0.1) is 5.92 Å². The molecule has 2 fully saturated rings. The molecular formula is C22H28N6O. The summed E-state index contributed by atoms with van der Waals surface area (Å²) < 4.78 is 0. The first-order valence-corrected chi connectivity index (χ1v) is 10.6. The minimum absolute atomic E-state index is 0.218. The van der Waals surface area contributed by atoms with Crippen molar-refractivity contribution in [2.24, 2.45) is 5.92 Å². The maximum Gasteiger partial charge on any atom is 0.231 e. The third-order valence-electron chi connectivity index (χ3n) is 6.13. The van der Waals surface area contributed by atoms with Crippen LogP contribution in [0.1, 0.15) is 26.2 Å².